The largest absolute Gasteiger partial charge is 0.508 e. The fourth-order valence-corrected chi connectivity index (χ4v) is 6.86. The molecular weight excluding hydrogens is 686 g/mol. The molecule has 6 rings (SSSR count). The van der Waals surface area contributed by atoms with Crippen LogP contribution < -0.4 is 15.4 Å². The number of amides is 3. The van der Waals surface area contributed by atoms with Crippen molar-refractivity contribution in [3.8, 4) is 11.5 Å². The summed E-state index contributed by atoms with van der Waals surface area (Å²) in [5, 5.41) is 26.3. The molecule has 4 N–H and O–H groups in total. The number of phenols is 1. The minimum absolute atomic E-state index is 0.122. The van der Waals surface area contributed by atoms with Crippen LogP contribution in [-0.2, 0) is 19.1 Å². The van der Waals surface area contributed by atoms with Crippen molar-refractivity contribution in [2.75, 3.05) is 44.9 Å². The first kappa shape index (κ1) is 38.2. The third-order valence-electron chi connectivity index (χ3n) is 9.55. The highest BCUT2D eigenvalue weighted by atomic mass is 16.5. The second kappa shape index (κ2) is 18.5. The Kier molecular flexibility index (Phi) is 13.1. The van der Waals surface area contributed by atoms with Gasteiger partial charge in [0.05, 0.1) is 6.61 Å². The zero-order valence-electron chi connectivity index (χ0n) is 30.5. The highest BCUT2D eigenvalue weighted by molar-refractivity contribution is 6.06. The minimum atomic E-state index is -1.25. The standard InChI is InChI=1S/C43H47N3O8/c1-2-35(29-8-4-3-5-9-29)40(30-10-15-33(47)16-11-30)31-12-17-34(18-13-31)54-27-26-53-25-7-24-52-23-6-22-44-32-14-19-36-37(28-32)43(51)46(42(36)50)38-20-21-39(48)45-41(38)49/h3-5,8-19,28,38,43-44,47,51H,2,6-7,20-27H2,1H3,(H,45,48,49)/b40-35-. The van der Waals surface area contributed by atoms with E-state index in [1.54, 1.807) is 30.3 Å². The minimum Gasteiger partial charge on any atom is -0.508 e. The number of imide groups is 1. The molecule has 4 aromatic carbocycles. The van der Waals surface area contributed by atoms with E-state index in [1.807, 2.05) is 42.5 Å². The molecule has 0 radical (unpaired) electrons. The van der Waals surface area contributed by atoms with Gasteiger partial charge in [-0.2, -0.15) is 0 Å². The lowest BCUT2D eigenvalue weighted by molar-refractivity contribution is -0.139. The highest BCUT2D eigenvalue weighted by Gasteiger charge is 2.44. The van der Waals surface area contributed by atoms with Gasteiger partial charge in [-0.05, 0) is 96.0 Å². The summed E-state index contributed by atoms with van der Waals surface area (Å²) in [6, 6.07) is 30.1. The summed E-state index contributed by atoms with van der Waals surface area (Å²) >= 11 is 0. The van der Waals surface area contributed by atoms with Gasteiger partial charge in [-0.3, -0.25) is 24.6 Å². The summed E-state index contributed by atoms with van der Waals surface area (Å²) in [5.74, 6) is -0.363. The Hall–Kier alpha value is -5.49. The van der Waals surface area contributed by atoms with Crippen molar-refractivity contribution < 1.29 is 38.8 Å². The normalized spacial score (nSPS) is 17.2. The quantitative estimate of drug-likeness (QED) is 0.0525. The van der Waals surface area contributed by atoms with Crippen molar-refractivity contribution in [2.24, 2.45) is 0 Å². The fraction of sp³-hybridized carbons (Fsp3) is 0.326. The number of hydrogen-bond acceptors (Lipinski definition) is 9. The smallest absolute Gasteiger partial charge is 0.257 e. The maximum Gasteiger partial charge on any atom is 0.257 e. The molecule has 54 heavy (non-hydrogen) atoms. The Morgan fingerprint density at radius 3 is 2.20 bits per heavy atom. The van der Waals surface area contributed by atoms with Gasteiger partial charge in [-0.15, -0.1) is 0 Å². The molecule has 0 bridgehead atoms. The molecule has 1 fully saturated rings. The summed E-state index contributed by atoms with van der Waals surface area (Å²) in [4.78, 5) is 37.9. The number of benzene rings is 4. The van der Waals surface area contributed by atoms with Gasteiger partial charge in [0.2, 0.25) is 11.8 Å². The van der Waals surface area contributed by atoms with Gasteiger partial charge < -0.3 is 29.7 Å². The van der Waals surface area contributed by atoms with Gasteiger partial charge in [-0.25, -0.2) is 0 Å². The van der Waals surface area contributed by atoms with Crippen molar-refractivity contribution in [3.05, 3.63) is 125 Å². The molecule has 11 heteroatoms. The topological polar surface area (TPSA) is 147 Å². The number of carbonyl (C=O) groups excluding carboxylic acids is 3. The molecule has 0 aromatic heterocycles. The predicted molar refractivity (Wildman–Crippen MR) is 206 cm³/mol. The Balaban J connectivity index is 0.864. The van der Waals surface area contributed by atoms with Crippen LogP contribution in [0.3, 0.4) is 0 Å². The highest BCUT2D eigenvalue weighted by Crippen LogP contribution is 2.37. The number of ether oxygens (including phenoxy) is 3. The first-order chi connectivity index (χ1) is 26.3. The van der Waals surface area contributed by atoms with Crippen LogP contribution in [0.25, 0.3) is 11.1 Å². The third-order valence-corrected chi connectivity index (χ3v) is 9.55. The molecule has 0 spiro atoms. The first-order valence-electron chi connectivity index (χ1n) is 18.5. The average molecular weight is 734 g/mol. The number of piperidine rings is 1. The van der Waals surface area contributed by atoms with E-state index >= 15 is 0 Å². The van der Waals surface area contributed by atoms with E-state index in [-0.39, 0.29) is 24.5 Å². The molecular formula is C43H47N3O8. The van der Waals surface area contributed by atoms with Crippen molar-refractivity contribution in [1.29, 1.82) is 0 Å². The van der Waals surface area contributed by atoms with E-state index in [9.17, 15) is 24.6 Å². The first-order valence-corrected chi connectivity index (χ1v) is 18.5. The number of nitrogens with one attached hydrogen (secondary N) is 2. The van der Waals surface area contributed by atoms with Crippen molar-refractivity contribution in [1.82, 2.24) is 10.2 Å². The number of fused-ring (bicyclic) bond motifs is 1. The molecule has 282 valence electrons. The van der Waals surface area contributed by atoms with E-state index < -0.39 is 24.1 Å². The second-order valence-electron chi connectivity index (χ2n) is 13.2. The number of nitrogens with zero attached hydrogens (tertiary/aromatic N) is 1. The Morgan fingerprint density at radius 1 is 0.815 bits per heavy atom. The van der Waals surface area contributed by atoms with E-state index in [1.165, 1.54) is 11.1 Å². The summed E-state index contributed by atoms with van der Waals surface area (Å²) < 4.78 is 17.4. The van der Waals surface area contributed by atoms with Crippen LogP contribution in [0.2, 0.25) is 0 Å². The zero-order chi connectivity index (χ0) is 37.9. The van der Waals surface area contributed by atoms with Crippen LogP contribution in [0.4, 0.5) is 5.69 Å². The number of hydrogen-bond donors (Lipinski definition) is 4. The monoisotopic (exact) mass is 733 g/mol. The number of aliphatic hydroxyl groups is 1. The SMILES string of the molecule is CC/C(=C(\c1ccc(O)cc1)c1ccc(OCCOCCCOCCCNc2ccc3c(c2)C(O)N(C2CCC(=O)NC2=O)C3=O)cc1)c1ccccc1. The lowest BCUT2D eigenvalue weighted by Crippen LogP contribution is -2.53. The van der Waals surface area contributed by atoms with Crippen LogP contribution in [0.1, 0.15) is 77.9 Å². The predicted octanol–water partition coefficient (Wildman–Crippen LogP) is 6.32. The maximum absolute atomic E-state index is 12.9. The number of aliphatic hydroxyl groups excluding tert-OH is 1. The van der Waals surface area contributed by atoms with Gasteiger partial charge in [0.25, 0.3) is 5.91 Å². The van der Waals surface area contributed by atoms with Crippen LogP contribution in [0, 0.1) is 0 Å². The summed E-state index contributed by atoms with van der Waals surface area (Å²) in [6.45, 7) is 5.39. The van der Waals surface area contributed by atoms with Crippen LogP contribution in [-0.4, -0.2) is 78.5 Å². The average Bonchev–Trinajstić information content (AvgIpc) is 3.43. The van der Waals surface area contributed by atoms with E-state index in [2.05, 4.69) is 41.8 Å². The van der Waals surface area contributed by atoms with Crippen LogP contribution in [0.5, 0.6) is 11.5 Å². The summed E-state index contributed by atoms with van der Waals surface area (Å²) in [6.07, 6.45) is 1.42. The van der Waals surface area contributed by atoms with Gasteiger partial charge in [0.15, 0.2) is 6.23 Å². The van der Waals surface area contributed by atoms with Gasteiger partial charge in [-0.1, -0.05) is 61.5 Å². The molecule has 2 aliphatic rings. The van der Waals surface area contributed by atoms with E-state index in [0.717, 1.165) is 52.3 Å². The number of anilines is 1. The van der Waals surface area contributed by atoms with E-state index in [4.69, 9.17) is 14.2 Å². The number of carbonyl (C=O) groups is 3. The fourth-order valence-electron chi connectivity index (χ4n) is 6.86. The molecule has 2 aliphatic heterocycles. The van der Waals surface area contributed by atoms with Crippen molar-refractivity contribution >= 4 is 34.6 Å². The molecule has 2 atom stereocenters. The molecule has 2 heterocycles. The Bertz CT molecular complexity index is 1930. The second-order valence-corrected chi connectivity index (χ2v) is 13.2. The van der Waals surface area contributed by atoms with Gasteiger partial charge in [0, 0.05) is 49.6 Å². The Morgan fingerprint density at radius 2 is 1.50 bits per heavy atom. The third kappa shape index (κ3) is 9.35. The molecule has 4 aromatic rings. The number of allylic oxidation sites excluding steroid dienone is 1. The molecule has 0 aliphatic carbocycles. The molecule has 2 unspecified atom stereocenters. The summed E-state index contributed by atoms with van der Waals surface area (Å²) in [5.41, 5.74) is 7.16. The van der Waals surface area contributed by atoms with Crippen molar-refractivity contribution in [2.45, 2.75) is 51.3 Å². The number of rotatable bonds is 18. The molecule has 11 nitrogen and oxygen atoms in total. The maximum atomic E-state index is 12.9. The van der Waals surface area contributed by atoms with Crippen molar-refractivity contribution in [3.63, 3.8) is 0 Å². The zero-order valence-corrected chi connectivity index (χ0v) is 30.5. The lowest BCUT2D eigenvalue weighted by Gasteiger charge is -2.31. The van der Waals surface area contributed by atoms with E-state index in [0.29, 0.717) is 50.7 Å². The summed E-state index contributed by atoms with van der Waals surface area (Å²) in [7, 11) is 0. The van der Waals surface area contributed by atoms with Gasteiger partial charge in [0.1, 0.15) is 24.1 Å². The number of phenolic OH excluding ortho intramolecular Hbond substituents is 1. The Labute approximate surface area is 315 Å². The molecule has 3 amide bonds. The molecule has 1 saturated heterocycles. The van der Waals surface area contributed by atoms with Crippen LogP contribution >= 0.6 is 0 Å². The molecule has 0 saturated carbocycles. The lowest BCUT2D eigenvalue weighted by atomic mass is 9.88. The number of aromatic hydroxyl groups is 1. The van der Waals surface area contributed by atoms with Crippen LogP contribution in [0.15, 0.2) is 97.1 Å². The van der Waals surface area contributed by atoms with Gasteiger partial charge >= 0.3 is 0 Å².